The normalized spacial score (nSPS) is 10.3. The van der Waals surface area contributed by atoms with Crippen LogP contribution in [0.4, 0.5) is 10.5 Å². The van der Waals surface area contributed by atoms with E-state index in [2.05, 4.69) is 20.3 Å². The van der Waals surface area contributed by atoms with E-state index in [0.717, 1.165) is 9.88 Å². The standard InChI is InChI=1S/C17H17N5O2S/c1-12-20-10-15(25-12)11-22(2)17(23)21-13-5-3-6-14(9-13)24-16-18-7-4-8-19-16/h3-10H,11H2,1-2H3,(H,21,23). The van der Waals surface area contributed by atoms with Crippen LogP contribution in [0, 0.1) is 6.92 Å². The van der Waals surface area contributed by atoms with Crippen molar-refractivity contribution in [3.63, 3.8) is 0 Å². The summed E-state index contributed by atoms with van der Waals surface area (Å²) in [6.07, 6.45) is 4.99. The molecule has 0 saturated carbocycles. The quantitative estimate of drug-likeness (QED) is 0.755. The van der Waals surface area contributed by atoms with Crippen LogP contribution in [0.5, 0.6) is 11.8 Å². The number of hydrogen-bond donors (Lipinski definition) is 1. The van der Waals surface area contributed by atoms with Crippen molar-refractivity contribution in [1.82, 2.24) is 19.9 Å². The fourth-order valence-corrected chi connectivity index (χ4v) is 2.93. The van der Waals surface area contributed by atoms with E-state index in [1.54, 1.807) is 72.2 Å². The van der Waals surface area contributed by atoms with Gasteiger partial charge in [-0.05, 0) is 25.1 Å². The van der Waals surface area contributed by atoms with Crippen LogP contribution in [0.1, 0.15) is 9.88 Å². The highest BCUT2D eigenvalue weighted by Gasteiger charge is 2.11. The third kappa shape index (κ3) is 4.74. The SMILES string of the molecule is Cc1ncc(CN(C)C(=O)Nc2cccc(Oc3ncccn3)c2)s1. The van der Waals surface area contributed by atoms with Crippen molar-refractivity contribution in [3.8, 4) is 11.8 Å². The molecule has 0 fully saturated rings. The second-order valence-corrected chi connectivity index (χ2v) is 6.61. The number of carbonyl (C=O) groups excluding carboxylic acids is 1. The molecule has 1 aromatic carbocycles. The summed E-state index contributed by atoms with van der Waals surface area (Å²) >= 11 is 1.58. The van der Waals surface area contributed by atoms with Crippen LogP contribution in [0.3, 0.4) is 0 Å². The van der Waals surface area contributed by atoms with E-state index in [1.807, 2.05) is 6.92 Å². The van der Waals surface area contributed by atoms with Crippen LogP contribution in [0.15, 0.2) is 48.9 Å². The Morgan fingerprint density at radius 1 is 1.24 bits per heavy atom. The Morgan fingerprint density at radius 2 is 2.04 bits per heavy atom. The summed E-state index contributed by atoms with van der Waals surface area (Å²) < 4.78 is 5.57. The number of nitrogens with one attached hydrogen (secondary N) is 1. The number of benzene rings is 1. The third-order valence-electron chi connectivity index (χ3n) is 3.25. The van der Waals surface area contributed by atoms with Gasteiger partial charge in [0, 0.05) is 42.3 Å². The van der Waals surface area contributed by atoms with Gasteiger partial charge in [0.2, 0.25) is 0 Å². The Morgan fingerprint density at radius 3 is 2.76 bits per heavy atom. The van der Waals surface area contributed by atoms with Gasteiger partial charge >= 0.3 is 12.0 Å². The van der Waals surface area contributed by atoms with Crippen molar-refractivity contribution in [3.05, 3.63) is 58.8 Å². The smallest absolute Gasteiger partial charge is 0.321 e. The van der Waals surface area contributed by atoms with E-state index in [4.69, 9.17) is 4.74 Å². The molecule has 0 spiro atoms. The molecule has 0 saturated heterocycles. The highest BCUT2D eigenvalue weighted by Crippen LogP contribution is 2.22. The van der Waals surface area contributed by atoms with Crippen molar-refractivity contribution >= 4 is 23.1 Å². The fraction of sp³-hybridized carbons (Fsp3) is 0.176. The van der Waals surface area contributed by atoms with E-state index in [1.165, 1.54) is 0 Å². The molecule has 0 unspecified atom stereocenters. The molecular formula is C17H17N5O2S. The van der Waals surface area contributed by atoms with Gasteiger partial charge in [-0.25, -0.2) is 19.7 Å². The van der Waals surface area contributed by atoms with Crippen LogP contribution < -0.4 is 10.1 Å². The number of rotatable bonds is 5. The molecule has 8 heteroatoms. The molecule has 3 aromatic rings. The van der Waals surface area contributed by atoms with Gasteiger partial charge in [0.1, 0.15) is 5.75 Å². The minimum absolute atomic E-state index is 0.209. The molecule has 0 aliphatic rings. The van der Waals surface area contributed by atoms with Gasteiger partial charge in [-0.2, -0.15) is 0 Å². The van der Waals surface area contributed by atoms with Crippen molar-refractivity contribution < 1.29 is 9.53 Å². The van der Waals surface area contributed by atoms with Crippen LogP contribution in [-0.2, 0) is 6.54 Å². The second-order valence-electron chi connectivity index (χ2n) is 5.29. The molecule has 2 aromatic heterocycles. The predicted molar refractivity (Wildman–Crippen MR) is 95.9 cm³/mol. The van der Waals surface area contributed by atoms with Crippen molar-refractivity contribution in [1.29, 1.82) is 0 Å². The van der Waals surface area contributed by atoms with Gasteiger partial charge in [-0.1, -0.05) is 6.07 Å². The van der Waals surface area contributed by atoms with Gasteiger partial charge in [0.05, 0.1) is 11.6 Å². The number of nitrogens with zero attached hydrogens (tertiary/aromatic N) is 4. The molecule has 3 rings (SSSR count). The summed E-state index contributed by atoms with van der Waals surface area (Å²) in [5.74, 6) is 0.546. The maximum Gasteiger partial charge on any atom is 0.321 e. The second kappa shape index (κ2) is 7.71. The Bertz CT molecular complexity index is 853. The van der Waals surface area contributed by atoms with Crippen LogP contribution in [0.2, 0.25) is 0 Å². The van der Waals surface area contributed by atoms with E-state index < -0.39 is 0 Å². The number of thiazole rings is 1. The molecule has 0 aliphatic carbocycles. The number of amides is 2. The zero-order valence-corrected chi connectivity index (χ0v) is 14.7. The van der Waals surface area contributed by atoms with E-state index in [9.17, 15) is 4.79 Å². The first-order chi connectivity index (χ1) is 12.1. The van der Waals surface area contributed by atoms with Gasteiger partial charge in [0.15, 0.2) is 0 Å². The minimum Gasteiger partial charge on any atom is -0.424 e. The van der Waals surface area contributed by atoms with E-state index in [-0.39, 0.29) is 12.0 Å². The largest absolute Gasteiger partial charge is 0.424 e. The van der Waals surface area contributed by atoms with Gasteiger partial charge < -0.3 is 15.0 Å². The average molecular weight is 355 g/mol. The monoisotopic (exact) mass is 355 g/mol. The molecule has 2 heterocycles. The summed E-state index contributed by atoms with van der Waals surface area (Å²) in [6.45, 7) is 2.45. The molecule has 1 N–H and O–H groups in total. The number of aromatic nitrogens is 3. The summed E-state index contributed by atoms with van der Waals surface area (Å²) in [7, 11) is 1.74. The summed E-state index contributed by atoms with van der Waals surface area (Å²) in [6, 6.07) is 8.84. The lowest BCUT2D eigenvalue weighted by atomic mass is 10.3. The van der Waals surface area contributed by atoms with E-state index in [0.29, 0.717) is 18.0 Å². The average Bonchev–Trinajstić information content (AvgIpc) is 3.01. The lowest BCUT2D eigenvalue weighted by molar-refractivity contribution is 0.221. The summed E-state index contributed by atoms with van der Waals surface area (Å²) in [4.78, 5) is 27.2. The molecule has 25 heavy (non-hydrogen) atoms. The van der Waals surface area contributed by atoms with Gasteiger partial charge in [0.25, 0.3) is 0 Å². The first-order valence-corrected chi connectivity index (χ1v) is 8.40. The summed E-state index contributed by atoms with van der Waals surface area (Å²) in [5, 5.41) is 3.83. The highest BCUT2D eigenvalue weighted by atomic mass is 32.1. The van der Waals surface area contributed by atoms with Crippen molar-refractivity contribution in [2.75, 3.05) is 12.4 Å². The molecule has 7 nitrogen and oxygen atoms in total. The maximum absolute atomic E-state index is 12.3. The lowest BCUT2D eigenvalue weighted by Crippen LogP contribution is -2.30. The number of anilines is 1. The molecule has 0 bridgehead atoms. The van der Waals surface area contributed by atoms with Gasteiger partial charge in [-0.3, -0.25) is 0 Å². The Labute approximate surface area is 149 Å². The zero-order valence-electron chi connectivity index (χ0n) is 13.8. The van der Waals surface area contributed by atoms with E-state index >= 15 is 0 Å². The van der Waals surface area contributed by atoms with Crippen molar-refractivity contribution in [2.24, 2.45) is 0 Å². The van der Waals surface area contributed by atoms with Crippen LogP contribution >= 0.6 is 11.3 Å². The molecular weight excluding hydrogens is 338 g/mol. The van der Waals surface area contributed by atoms with Crippen LogP contribution in [-0.4, -0.2) is 32.9 Å². The molecule has 2 amide bonds. The number of carbonyl (C=O) groups is 1. The number of urea groups is 1. The summed E-state index contributed by atoms with van der Waals surface area (Å²) in [5.41, 5.74) is 0.630. The van der Waals surface area contributed by atoms with Crippen LogP contribution in [0.25, 0.3) is 0 Å². The molecule has 0 aliphatic heterocycles. The highest BCUT2D eigenvalue weighted by molar-refractivity contribution is 7.11. The number of aryl methyl sites for hydroxylation is 1. The topological polar surface area (TPSA) is 80.2 Å². The number of ether oxygens (including phenoxy) is 1. The lowest BCUT2D eigenvalue weighted by Gasteiger charge is -2.17. The fourth-order valence-electron chi connectivity index (χ4n) is 2.08. The first-order valence-electron chi connectivity index (χ1n) is 7.58. The Kier molecular flexibility index (Phi) is 5.20. The minimum atomic E-state index is -0.209. The molecule has 0 atom stereocenters. The number of hydrogen-bond acceptors (Lipinski definition) is 6. The third-order valence-corrected chi connectivity index (χ3v) is 4.14. The molecule has 128 valence electrons. The first kappa shape index (κ1) is 16.8. The van der Waals surface area contributed by atoms with Gasteiger partial charge in [-0.15, -0.1) is 11.3 Å². The Balaban J connectivity index is 1.62. The maximum atomic E-state index is 12.3. The predicted octanol–water partition coefficient (Wildman–Crippen LogP) is 3.70. The van der Waals surface area contributed by atoms with Crippen molar-refractivity contribution in [2.45, 2.75) is 13.5 Å². The Hall–Kier alpha value is -3.00. The zero-order chi connectivity index (χ0) is 17.6. The molecule has 0 radical (unpaired) electrons.